The molecule has 4 nitrogen and oxygen atoms in total. The highest BCUT2D eigenvalue weighted by Crippen LogP contribution is 2.36. The number of carbonyl (C=O) groups is 1. The molecule has 1 saturated heterocycles. The summed E-state index contributed by atoms with van der Waals surface area (Å²) in [6.45, 7) is 8.78. The maximum atomic E-state index is 11.9. The molecular weight excluding hydrogens is 310 g/mol. The van der Waals surface area contributed by atoms with E-state index < -0.39 is 0 Å². The van der Waals surface area contributed by atoms with Crippen molar-refractivity contribution in [2.75, 3.05) is 18.0 Å². The molecule has 0 radical (unpaired) electrons. The highest BCUT2D eigenvalue weighted by atomic mass is 16.1. The molecule has 138 valence electrons. The van der Waals surface area contributed by atoms with Crippen molar-refractivity contribution in [2.24, 2.45) is 17.8 Å². The number of nitrogens with zero attached hydrogens (tertiary/aromatic N) is 3. The van der Waals surface area contributed by atoms with Crippen molar-refractivity contribution in [1.82, 2.24) is 9.97 Å². The van der Waals surface area contributed by atoms with Crippen LogP contribution in [0.1, 0.15) is 77.2 Å². The fraction of sp³-hybridized carbons (Fsp3) is 0.762. The number of ketones is 1. The molecule has 1 aromatic heterocycles. The molecule has 2 fully saturated rings. The molecule has 4 heteroatoms. The molecule has 1 saturated carbocycles. The van der Waals surface area contributed by atoms with Crippen LogP contribution in [0, 0.1) is 17.8 Å². The number of piperidine rings is 1. The largest absolute Gasteiger partial charge is 0.341 e. The summed E-state index contributed by atoms with van der Waals surface area (Å²) in [6, 6.07) is 0. The maximum absolute atomic E-state index is 11.9. The zero-order chi connectivity index (χ0) is 17.8. The Morgan fingerprint density at radius 2 is 1.68 bits per heavy atom. The van der Waals surface area contributed by atoms with Gasteiger partial charge < -0.3 is 4.90 Å². The Labute approximate surface area is 152 Å². The summed E-state index contributed by atoms with van der Waals surface area (Å²) in [4.78, 5) is 23.5. The maximum Gasteiger partial charge on any atom is 0.225 e. The number of hydrogen-bond acceptors (Lipinski definition) is 4. The van der Waals surface area contributed by atoms with Crippen LogP contribution in [-0.2, 0) is 4.79 Å². The lowest BCUT2D eigenvalue weighted by atomic mass is 9.77. The van der Waals surface area contributed by atoms with Crippen LogP contribution < -0.4 is 4.90 Å². The summed E-state index contributed by atoms with van der Waals surface area (Å²) >= 11 is 0. The van der Waals surface area contributed by atoms with Crippen LogP contribution in [0.4, 0.5) is 5.95 Å². The second-order valence-electron chi connectivity index (χ2n) is 8.25. The van der Waals surface area contributed by atoms with Crippen molar-refractivity contribution in [3.8, 4) is 0 Å². The van der Waals surface area contributed by atoms with E-state index in [4.69, 9.17) is 0 Å². The molecular formula is C21H33N3O. The molecule has 2 heterocycles. The Balaban J connectivity index is 1.54. The number of rotatable bonds is 5. The summed E-state index contributed by atoms with van der Waals surface area (Å²) in [5.74, 6) is 3.78. The van der Waals surface area contributed by atoms with Crippen molar-refractivity contribution < 1.29 is 4.79 Å². The molecule has 0 aromatic carbocycles. The zero-order valence-electron chi connectivity index (χ0n) is 16.1. The van der Waals surface area contributed by atoms with Crippen molar-refractivity contribution in [3.63, 3.8) is 0 Å². The summed E-state index contributed by atoms with van der Waals surface area (Å²) in [5, 5.41) is 0. The quantitative estimate of drug-likeness (QED) is 0.784. The molecule has 2 aliphatic rings. The Hall–Kier alpha value is -1.45. The van der Waals surface area contributed by atoms with E-state index in [-0.39, 0.29) is 0 Å². The molecule has 0 amide bonds. The molecule has 1 aliphatic carbocycles. The molecule has 1 aromatic rings. The van der Waals surface area contributed by atoms with Crippen LogP contribution >= 0.6 is 0 Å². The van der Waals surface area contributed by atoms with E-state index in [1.165, 1.54) is 18.4 Å². The Morgan fingerprint density at radius 1 is 1.08 bits per heavy atom. The topological polar surface area (TPSA) is 46.1 Å². The minimum atomic E-state index is 0.295. The monoisotopic (exact) mass is 343 g/mol. The van der Waals surface area contributed by atoms with Gasteiger partial charge in [-0.25, -0.2) is 9.97 Å². The molecule has 25 heavy (non-hydrogen) atoms. The predicted molar refractivity (Wildman–Crippen MR) is 102 cm³/mol. The highest BCUT2D eigenvalue weighted by molar-refractivity contribution is 5.80. The third-order valence-electron chi connectivity index (χ3n) is 6.43. The Morgan fingerprint density at radius 3 is 2.20 bits per heavy atom. The van der Waals surface area contributed by atoms with Gasteiger partial charge in [0.05, 0.1) is 0 Å². The SMILES string of the molecule is CCC(=O)[C@H]1CC[C@@H](c2cnc(N3CCC(C(C)C)CC3)nc2)CC1. The van der Waals surface area contributed by atoms with Gasteiger partial charge in [-0.1, -0.05) is 20.8 Å². The van der Waals surface area contributed by atoms with Crippen molar-refractivity contribution in [2.45, 2.75) is 71.6 Å². The smallest absolute Gasteiger partial charge is 0.225 e. The molecule has 0 bridgehead atoms. The van der Waals surface area contributed by atoms with Gasteiger partial charge in [0, 0.05) is 37.8 Å². The van der Waals surface area contributed by atoms with Gasteiger partial charge in [-0.3, -0.25) is 4.79 Å². The molecule has 1 aliphatic heterocycles. The van der Waals surface area contributed by atoms with Crippen LogP contribution in [-0.4, -0.2) is 28.8 Å². The fourth-order valence-corrected chi connectivity index (χ4v) is 4.51. The number of hydrogen-bond donors (Lipinski definition) is 0. The van der Waals surface area contributed by atoms with Crippen molar-refractivity contribution in [1.29, 1.82) is 0 Å². The van der Waals surface area contributed by atoms with Gasteiger partial charge in [0.1, 0.15) is 5.78 Å². The third kappa shape index (κ3) is 4.39. The van der Waals surface area contributed by atoms with Gasteiger partial charge in [-0.15, -0.1) is 0 Å². The normalized spacial score (nSPS) is 25.4. The molecule has 0 atom stereocenters. The van der Waals surface area contributed by atoms with Gasteiger partial charge in [0.15, 0.2) is 0 Å². The zero-order valence-corrected chi connectivity index (χ0v) is 16.1. The van der Waals surface area contributed by atoms with Crippen molar-refractivity contribution in [3.05, 3.63) is 18.0 Å². The van der Waals surface area contributed by atoms with Crippen LogP contribution in [0.2, 0.25) is 0 Å². The lowest BCUT2D eigenvalue weighted by Crippen LogP contribution is -2.36. The molecule has 3 rings (SSSR count). The van der Waals surface area contributed by atoms with E-state index >= 15 is 0 Å². The molecule has 0 N–H and O–H groups in total. The molecule has 0 unspecified atom stereocenters. The lowest BCUT2D eigenvalue weighted by molar-refractivity contribution is -0.123. The Kier molecular flexibility index (Phi) is 6.08. The minimum absolute atomic E-state index is 0.295. The van der Waals surface area contributed by atoms with Gasteiger partial charge in [0.2, 0.25) is 5.95 Å². The second kappa shape index (κ2) is 8.29. The van der Waals surface area contributed by atoms with Crippen LogP contribution in [0.5, 0.6) is 0 Å². The Bertz CT molecular complexity index is 553. The summed E-state index contributed by atoms with van der Waals surface area (Å²) in [5.41, 5.74) is 1.25. The first-order chi connectivity index (χ1) is 12.1. The van der Waals surface area contributed by atoms with E-state index in [9.17, 15) is 4.79 Å². The highest BCUT2D eigenvalue weighted by Gasteiger charge is 2.27. The average molecular weight is 344 g/mol. The summed E-state index contributed by atoms with van der Waals surface area (Å²) < 4.78 is 0. The van der Waals surface area contributed by atoms with E-state index in [0.29, 0.717) is 24.0 Å². The third-order valence-corrected chi connectivity index (χ3v) is 6.43. The first-order valence-corrected chi connectivity index (χ1v) is 10.2. The number of Topliss-reactive ketones (excluding diaryl/α,β-unsaturated/α-hetero) is 1. The summed E-state index contributed by atoms with van der Waals surface area (Å²) in [6.07, 6.45) is 11.5. The van der Waals surface area contributed by atoms with Gasteiger partial charge in [-0.05, 0) is 61.8 Å². The first kappa shape index (κ1) is 18.3. The number of anilines is 1. The minimum Gasteiger partial charge on any atom is -0.341 e. The van der Waals surface area contributed by atoms with Crippen LogP contribution in [0.3, 0.4) is 0 Å². The second-order valence-corrected chi connectivity index (χ2v) is 8.25. The first-order valence-electron chi connectivity index (χ1n) is 10.2. The lowest BCUT2D eigenvalue weighted by Gasteiger charge is -2.34. The van der Waals surface area contributed by atoms with Gasteiger partial charge in [0.25, 0.3) is 0 Å². The van der Waals surface area contributed by atoms with Crippen LogP contribution in [0.15, 0.2) is 12.4 Å². The summed E-state index contributed by atoms with van der Waals surface area (Å²) in [7, 11) is 0. The standard InChI is InChI=1S/C21H33N3O/c1-4-20(25)18-7-5-17(6-8-18)19-13-22-21(23-14-19)24-11-9-16(10-12-24)15(2)3/h13-18H,4-12H2,1-3H3/t17-,18+. The predicted octanol–water partition coefficient (Wildman–Crippen LogP) is 4.60. The fourth-order valence-electron chi connectivity index (χ4n) is 4.51. The molecule has 0 spiro atoms. The van der Waals surface area contributed by atoms with E-state index in [0.717, 1.165) is 56.6 Å². The number of carbonyl (C=O) groups excluding carboxylic acids is 1. The number of aromatic nitrogens is 2. The van der Waals surface area contributed by atoms with E-state index in [2.05, 4.69) is 28.7 Å². The van der Waals surface area contributed by atoms with Gasteiger partial charge >= 0.3 is 0 Å². The van der Waals surface area contributed by atoms with E-state index in [1.54, 1.807) is 0 Å². The van der Waals surface area contributed by atoms with Crippen molar-refractivity contribution >= 4 is 11.7 Å². The van der Waals surface area contributed by atoms with E-state index in [1.807, 2.05) is 19.3 Å². The average Bonchev–Trinajstić information content (AvgIpc) is 2.67. The van der Waals surface area contributed by atoms with Crippen LogP contribution in [0.25, 0.3) is 0 Å². The van der Waals surface area contributed by atoms with Gasteiger partial charge in [-0.2, -0.15) is 0 Å².